The second kappa shape index (κ2) is 7.97. The number of likely N-dealkylation sites (N-methyl/N-ethyl adjacent to an activating group) is 1. The van der Waals surface area contributed by atoms with Gasteiger partial charge in [-0.05, 0) is 13.0 Å². The van der Waals surface area contributed by atoms with Crippen LogP contribution in [0.25, 0.3) is 0 Å². The molecule has 5 nitrogen and oxygen atoms in total. The topological polar surface area (TPSA) is 59.8 Å². The minimum Gasteiger partial charge on any atom is -0.380 e. The van der Waals surface area contributed by atoms with Crippen LogP contribution in [0.4, 0.5) is 0 Å². The average Bonchev–Trinajstić information content (AvgIpc) is 2.35. The predicted octanol–water partition coefficient (Wildman–Crippen LogP) is -0.0344. The van der Waals surface area contributed by atoms with Crippen LogP contribution in [0, 0.1) is 0 Å². The highest BCUT2D eigenvalue weighted by molar-refractivity contribution is 4.81. The fraction of sp³-hybridized carbons (Fsp3) is 1.00. The zero-order valence-electron chi connectivity index (χ0n) is 10.4. The largest absolute Gasteiger partial charge is 0.380 e. The maximum atomic E-state index is 5.73. The Labute approximate surface area is 98.2 Å². The third kappa shape index (κ3) is 4.35. The highest BCUT2D eigenvalue weighted by Crippen LogP contribution is 2.09. The number of hydrazine groups is 1. The summed E-state index contributed by atoms with van der Waals surface area (Å²) in [5.74, 6) is 5.54. The van der Waals surface area contributed by atoms with Crippen LogP contribution in [-0.4, -0.2) is 56.5 Å². The van der Waals surface area contributed by atoms with Crippen LogP contribution in [0.15, 0.2) is 0 Å². The van der Waals surface area contributed by atoms with Crippen molar-refractivity contribution < 1.29 is 9.47 Å². The van der Waals surface area contributed by atoms with E-state index in [9.17, 15) is 0 Å². The van der Waals surface area contributed by atoms with Crippen LogP contribution in [0.5, 0.6) is 0 Å². The molecule has 1 fully saturated rings. The van der Waals surface area contributed by atoms with Crippen LogP contribution >= 0.6 is 0 Å². The third-order valence-corrected chi connectivity index (χ3v) is 2.93. The van der Waals surface area contributed by atoms with Crippen molar-refractivity contribution in [3.8, 4) is 0 Å². The molecule has 0 aliphatic carbocycles. The lowest BCUT2D eigenvalue weighted by atomic mass is 10.1. The molecule has 0 aromatic rings. The summed E-state index contributed by atoms with van der Waals surface area (Å²) in [7, 11) is 0. The number of hydrogen-bond donors (Lipinski definition) is 2. The highest BCUT2D eigenvalue weighted by Gasteiger charge is 2.26. The molecule has 96 valence electrons. The molecule has 0 radical (unpaired) electrons. The van der Waals surface area contributed by atoms with Crippen molar-refractivity contribution in [3.05, 3.63) is 0 Å². The van der Waals surface area contributed by atoms with Gasteiger partial charge in [0.25, 0.3) is 0 Å². The minimum absolute atomic E-state index is 0.0842. The lowest BCUT2D eigenvalue weighted by molar-refractivity contribution is -0.0602. The summed E-state index contributed by atoms with van der Waals surface area (Å²) in [4.78, 5) is 2.37. The molecule has 0 bridgehead atoms. The standard InChI is InChI=1S/C11H25N3O2/c1-3-6-15-9-10(13-12)11-8-14(4-2)5-7-16-11/h10-11,13H,3-9,12H2,1-2H3. The molecule has 5 heteroatoms. The molecule has 2 unspecified atom stereocenters. The maximum Gasteiger partial charge on any atom is 0.0891 e. The summed E-state index contributed by atoms with van der Waals surface area (Å²) >= 11 is 0. The van der Waals surface area contributed by atoms with Crippen molar-refractivity contribution in [3.63, 3.8) is 0 Å². The second-order valence-corrected chi connectivity index (χ2v) is 4.15. The molecular weight excluding hydrogens is 206 g/mol. The number of ether oxygens (including phenoxy) is 2. The number of rotatable bonds is 7. The molecule has 1 aliphatic rings. The maximum absolute atomic E-state index is 5.73. The van der Waals surface area contributed by atoms with Gasteiger partial charge in [-0.3, -0.25) is 16.2 Å². The first-order valence-electron chi connectivity index (χ1n) is 6.19. The zero-order chi connectivity index (χ0) is 11.8. The Morgan fingerprint density at radius 3 is 3.00 bits per heavy atom. The van der Waals surface area contributed by atoms with E-state index in [0.29, 0.717) is 6.61 Å². The van der Waals surface area contributed by atoms with Gasteiger partial charge in [-0.2, -0.15) is 0 Å². The molecule has 16 heavy (non-hydrogen) atoms. The van der Waals surface area contributed by atoms with Gasteiger partial charge in [-0.15, -0.1) is 0 Å². The van der Waals surface area contributed by atoms with Crippen molar-refractivity contribution in [1.82, 2.24) is 10.3 Å². The number of hydrogen-bond acceptors (Lipinski definition) is 5. The van der Waals surface area contributed by atoms with Crippen molar-refractivity contribution in [2.24, 2.45) is 5.84 Å². The van der Waals surface area contributed by atoms with Gasteiger partial charge in [0.15, 0.2) is 0 Å². The van der Waals surface area contributed by atoms with E-state index in [-0.39, 0.29) is 12.1 Å². The van der Waals surface area contributed by atoms with Crippen molar-refractivity contribution >= 4 is 0 Å². The number of nitrogens with zero attached hydrogens (tertiary/aromatic N) is 1. The van der Waals surface area contributed by atoms with Gasteiger partial charge in [0.05, 0.1) is 25.4 Å². The molecule has 1 aliphatic heterocycles. The molecular formula is C11H25N3O2. The molecule has 0 aromatic heterocycles. The minimum atomic E-state index is 0.0842. The second-order valence-electron chi connectivity index (χ2n) is 4.15. The Kier molecular flexibility index (Phi) is 6.91. The molecule has 2 atom stereocenters. The Morgan fingerprint density at radius 1 is 1.56 bits per heavy atom. The molecule has 0 aromatic carbocycles. The Bertz CT molecular complexity index is 181. The highest BCUT2D eigenvalue weighted by atomic mass is 16.5. The van der Waals surface area contributed by atoms with E-state index in [0.717, 1.165) is 39.3 Å². The smallest absolute Gasteiger partial charge is 0.0891 e. The van der Waals surface area contributed by atoms with E-state index in [1.165, 1.54) is 0 Å². The number of morpholine rings is 1. The summed E-state index contributed by atoms with van der Waals surface area (Å²) in [5, 5.41) is 0. The lowest BCUT2D eigenvalue weighted by Crippen LogP contribution is -2.55. The van der Waals surface area contributed by atoms with Crippen LogP contribution in [0.2, 0.25) is 0 Å². The zero-order valence-corrected chi connectivity index (χ0v) is 10.4. The van der Waals surface area contributed by atoms with E-state index < -0.39 is 0 Å². The molecule has 1 rings (SSSR count). The van der Waals surface area contributed by atoms with E-state index in [1.54, 1.807) is 0 Å². The molecule has 3 N–H and O–H groups in total. The van der Waals surface area contributed by atoms with Gasteiger partial charge < -0.3 is 9.47 Å². The first-order valence-corrected chi connectivity index (χ1v) is 6.19. The Balaban J connectivity index is 2.32. The van der Waals surface area contributed by atoms with Gasteiger partial charge in [0, 0.05) is 19.7 Å². The van der Waals surface area contributed by atoms with Crippen LogP contribution in [-0.2, 0) is 9.47 Å². The summed E-state index contributed by atoms with van der Waals surface area (Å²) in [6.45, 7) is 9.45. The first-order chi connectivity index (χ1) is 7.81. The molecule has 0 saturated carbocycles. The molecule has 1 heterocycles. The van der Waals surface area contributed by atoms with E-state index in [4.69, 9.17) is 15.3 Å². The molecule has 0 spiro atoms. The Hall–Kier alpha value is -0.200. The van der Waals surface area contributed by atoms with Crippen molar-refractivity contribution in [2.75, 3.05) is 39.5 Å². The summed E-state index contributed by atoms with van der Waals surface area (Å²) in [6, 6.07) is 0.0842. The molecule has 1 saturated heterocycles. The van der Waals surface area contributed by atoms with Crippen LogP contribution < -0.4 is 11.3 Å². The normalized spacial score (nSPS) is 24.6. The van der Waals surface area contributed by atoms with Crippen molar-refractivity contribution in [1.29, 1.82) is 0 Å². The summed E-state index contributed by atoms with van der Waals surface area (Å²) < 4.78 is 11.2. The van der Waals surface area contributed by atoms with Gasteiger partial charge in [-0.1, -0.05) is 13.8 Å². The summed E-state index contributed by atoms with van der Waals surface area (Å²) in [5.41, 5.74) is 2.80. The first kappa shape index (κ1) is 13.9. The number of nitrogens with one attached hydrogen (secondary N) is 1. The van der Waals surface area contributed by atoms with E-state index in [2.05, 4.69) is 24.2 Å². The van der Waals surface area contributed by atoms with Gasteiger partial charge in [-0.25, -0.2) is 0 Å². The lowest BCUT2D eigenvalue weighted by Gasteiger charge is -2.36. The van der Waals surface area contributed by atoms with Gasteiger partial charge >= 0.3 is 0 Å². The van der Waals surface area contributed by atoms with Crippen LogP contribution in [0.1, 0.15) is 20.3 Å². The van der Waals surface area contributed by atoms with Crippen LogP contribution in [0.3, 0.4) is 0 Å². The van der Waals surface area contributed by atoms with Gasteiger partial charge in [0.1, 0.15) is 0 Å². The average molecular weight is 231 g/mol. The SMILES string of the molecule is CCCOCC(NN)C1CN(CC)CCO1. The summed E-state index contributed by atoms with van der Waals surface area (Å²) in [6.07, 6.45) is 1.17. The fourth-order valence-electron chi connectivity index (χ4n) is 1.88. The quantitative estimate of drug-likeness (QED) is 0.366. The third-order valence-electron chi connectivity index (χ3n) is 2.93. The van der Waals surface area contributed by atoms with Gasteiger partial charge in [0.2, 0.25) is 0 Å². The van der Waals surface area contributed by atoms with Crippen molar-refractivity contribution in [2.45, 2.75) is 32.4 Å². The van der Waals surface area contributed by atoms with E-state index >= 15 is 0 Å². The van der Waals surface area contributed by atoms with E-state index in [1.807, 2.05) is 0 Å². The molecule has 0 amide bonds. The Morgan fingerprint density at radius 2 is 2.38 bits per heavy atom. The number of nitrogens with two attached hydrogens (primary N) is 1. The monoisotopic (exact) mass is 231 g/mol. The fourth-order valence-corrected chi connectivity index (χ4v) is 1.88. The predicted molar refractivity (Wildman–Crippen MR) is 64.1 cm³/mol.